The summed E-state index contributed by atoms with van der Waals surface area (Å²) in [6, 6.07) is 68.3. The lowest BCUT2D eigenvalue weighted by atomic mass is 9.81. The summed E-state index contributed by atoms with van der Waals surface area (Å²) in [4.78, 5) is 2.39. The molecule has 2 aliphatic rings. The molecule has 0 N–H and O–H groups in total. The van der Waals surface area contributed by atoms with Crippen LogP contribution in [0.2, 0.25) is 0 Å². The lowest BCUT2D eigenvalue weighted by Gasteiger charge is -2.28. The molecule has 0 aromatic heterocycles. The zero-order chi connectivity index (χ0) is 39.8. The maximum absolute atomic E-state index is 2.42. The molecular formula is C58H45N. The number of fused-ring (bicyclic) bond motifs is 6. The number of nitrogens with zero attached hydrogens (tertiary/aromatic N) is 1. The molecule has 0 amide bonds. The van der Waals surface area contributed by atoms with Gasteiger partial charge in [0.05, 0.1) is 0 Å². The van der Waals surface area contributed by atoms with Crippen LogP contribution in [0.1, 0.15) is 69.5 Å². The lowest BCUT2D eigenvalue weighted by molar-refractivity contribution is 0.660. The van der Waals surface area contributed by atoms with Crippen molar-refractivity contribution >= 4 is 53.5 Å². The van der Waals surface area contributed by atoms with Gasteiger partial charge in [-0.1, -0.05) is 202 Å². The minimum Gasteiger partial charge on any atom is -0.310 e. The smallest absolute Gasteiger partial charge is 0.0465 e. The molecule has 8 aromatic carbocycles. The van der Waals surface area contributed by atoms with Crippen molar-refractivity contribution in [2.75, 3.05) is 4.90 Å². The second kappa shape index (κ2) is 15.3. The molecule has 0 aliphatic heterocycles. The molecule has 0 unspecified atom stereocenters. The van der Waals surface area contributed by atoms with Crippen LogP contribution in [0.5, 0.6) is 0 Å². The van der Waals surface area contributed by atoms with Gasteiger partial charge in [0, 0.05) is 22.5 Å². The summed E-state index contributed by atoms with van der Waals surface area (Å²) in [5.41, 5.74) is 21.3. The molecule has 0 spiro atoms. The quantitative estimate of drug-likeness (QED) is 0.133. The van der Waals surface area contributed by atoms with Gasteiger partial charge in [-0.25, -0.2) is 0 Å². The van der Waals surface area contributed by atoms with E-state index in [2.05, 4.69) is 243 Å². The Kier molecular flexibility index (Phi) is 9.35. The highest BCUT2D eigenvalue weighted by Gasteiger charge is 2.36. The maximum Gasteiger partial charge on any atom is 0.0465 e. The van der Waals surface area contributed by atoms with E-state index in [-0.39, 0.29) is 5.41 Å². The summed E-state index contributed by atoms with van der Waals surface area (Å²) in [7, 11) is 0. The van der Waals surface area contributed by atoms with E-state index >= 15 is 0 Å². The summed E-state index contributed by atoms with van der Waals surface area (Å²) >= 11 is 0. The predicted octanol–water partition coefficient (Wildman–Crippen LogP) is 15.5. The van der Waals surface area contributed by atoms with Crippen molar-refractivity contribution in [1.29, 1.82) is 0 Å². The SMILES string of the molecule is CC1(C)c2cc(C=Cc3cccc4c3Cc3ccccc3-4)ccc2-c2ccc(N(c3ccc(C=Cc4ccccc4)cc3)c3ccc(C=Cc4ccccc4)cc3)cc21. The monoisotopic (exact) mass is 755 g/mol. The number of rotatable bonds is 9. The number of benzene rings is 8. The largest absolute Gasteiger partial charge is 0.310 e. The Bertz CT molecular complexity index is 2800. The van der Waals surface area contributed by atoms with Gasteiger partial charge >= 0.3 is 0 Å². The van der Waals surface area contributed by atoms with Gasteiger partial charge in [0.2, 0.25) is 0 Å². The molecule has 0 radical (unpaired) electrons. The van der Waals surface area contributed by atoms with Crippen LogP contribution in [0.3, 0.4) is 0 Å². The van der Waals surface area contributed by atoms with Gasteiger partial charge in [-0.2, -0.15) is 0 Å². The van der Waals surface area contributed by atoms with Gasteiger partial charge in [-0.05, 0) is 121 Å². The highest BCUT2D eigenvalue weighted by molar-refractivity contribution is 5.88. The molecule has 0 saturated heterocycles. The van der Waals surface area contributed by atoms with Crippen molar-refractivity contribution in [1.82, 2.24) is 0 Å². The average molecular weight is 756 g/mol. The molecule has 2 aliphatic carbocycles. The topological polar surface area (TPSA) is 3.24 Å². The van der Waals surface area contributed by atoms with Gasteiger partial charge in [0.15, 0.2) is 0 Å². The maximum atomic E-state index is 2.42. The van der Waals surface area contributed by atoms with Gasteiger partial charge in [0.1, 0.15) is 0 Å². The summed E-state index contributed by atoms with van der Waals surface area (Å²) in [6.45, 7) is 4.75. The molecule has 0 bridgehead atoms. The molecular weight excluding hydrogens is 711 g/mol. The van der Waals surface area contributed by atoms with Crippen molar-refractivity contribution in [3.05, 3.63) is 244 Å². The second-order valence-electron chi connectivity index (χ2n) is 16.2. The fourth-order valence-corrected chi connectivity index (χ4v) is 8.94. The van der Waals surface area contributed by atoms with Crippen LogP contribution in [0.25, 0.3) is 58.7 Å². The van der Waals surface area contributed by atoms with Gasteiger partial charge in [-0.3, -0.25) is 0 Å². The fourth-order valence-electron chi connectivity index (χ4n) is 8.94. The first-order valence-corrected chi connectivity index (χ1v) is 20.6. The summed E-state index contributed by atoms with van der Waals surface area (Å²) in [6.07, 6.45) is 14.3. The van der Waals surface area contributed by atoms with Crippen molar-refractivity contribution < 1.29 is 0 Å². The van der Waals surface area contributed by atoms with Crippen molar-refractivity contribution in [2.24, 2.45) is 0 Å². The third-order valence-electron chi connectivity index (χ3n) is 12.1. The molecule has 0 saturated carbocycles. The molecule has 59 heavy (non-hydrogen) atoms. The first kappa shape index (κ1) is 36.1. The van der Waals surface area contributed by atoms with E-state index in [4.69, 9.17) is 0 Å². The third-order valence-corrected chi connectivity index (χ3v) is 12.1. The lowest BCUT2D eigenvalue weighted by Crippen LogP contribution is -2.16. The van der Waals surface area contributed by atoms with Crippen molar-refractivity contribution in [3.8, 4) is 22.3 Å². The van der Waals surface area contributed by atoms with Crippen LogP contribution in [0, 0.1) is 0 Å². The van der Waals surface area contributed by atoms with Crippen LogP contribution in [-0.4, -0.2) is 0 Å². The van der Waals surface area contributed by atoms with E-state index < -0.39 is 0 Å². The molecule has 1 nitrogen and oxygen atoms in total. The molecule has 8 aromatic rings. The Morgan fingerprint density at radius 1 is 0.373 bits per heavy atom. The number of anilines is 3. The molecule has 10 rings (SSSR count). The Hall–Kier alpha value is -7.22. The van der Waals surface area contributed by atoms with Gasteiger partial charge in [0.25, 0.3) is 0 Å². The molecule has 282 valence electrons. The van der Waals surface area contributed by atoms with Crippen molar-refractivity contribution in [2.45, 2.75) is 25.7 Å². The van der Waals surface area contributed by atoms with E-state index in [0.717, 1.165) is 34.6 Å². The van der Waals surface area contributed by atoms with E-state index in [9.17, 15) is 0 Å². The first-order chi connectivity index (χ1) is 29.0. The first-order valence-electron chi connectivity index (χ1n) is 20.6. The average Bonchev–Trinajstić information content (AvgIpc) is 3.78. The fraction of sp³-hybridized carbons (Fsp3) is 0.0690. The summed E-state index contributed by atoms with van der Waals surface area (Å²) in [5, 5.41) is 0. The molecule has 0 atom stereocenters. The molecule has 0 fully saturated rings. The van der Waals surface area contributed by atoms with Gasteiger partial charge < -0.3 is 4.90 Å². The van der Waals surface area contributed by atoms with Crippen LogP contribution >= 0.6 is 0 Å². The molecule has 1 heteroatoms. The van der Waals surface area contributed by atoms with E-state index in [0.29, 0.717) is 0 Å². The summed E-state index contributed by atoms with van der Waals surface area (Å²) < 4.78 is 0. The Morgan fingerprint density at radius 3 is 1.47 bits per heavy atom. The number of hydrogen-bond donors (Lipinski definition) is 0. The van der Waals surface area contributed by atoms with Crippen LogP contribution in [-0.2, 0) is 11.8 Å². The van der Waals surface area contributed by atoms with Crippen molar-refractivity contribution in [3.63, 3.8) is 0 Å². The third kappa shape index (κ3) is 7.06. The Morgan fingerprint density at radius 2 is 0.847 bits per heavy atom. The zero-order valence-electron chi connectivity index (χ0n) is 33.5. The van der Waals surface area contributed by atoms with Crippen LogP contribution < -0.4 is 4.90 Å². The Labute approximate surface area is 348 Å². The summed E-state index contributed by atoms with van der Waals surface area (Å²) in [5.74, 6) is 0. The van der Waals surface area contributed by atoms with E-state index in [1.165, 1.54) is 66.8 Å². The minimum absolute atomic E-state index is 0.177. The van der Waals surface area contributed by atoms with Crippen LogP contribution in [0.4, 0.5) is 17.1 Å². The minimum atomic E-state index is -0.177. The van der Waals surface area contributed by atoms with Crippen LogP contribution in [0.15, 0.2) is 188 Å². The zero-order valence-corrected chi connectivity index (χ0v) is 33.5. The predicted molar refractivity (Wildman–Crippen MR) is 253 cm³/mol. The number of hydrogen-bond acceptors (Lipinski definition) is 1. The normalized spacial score (nSPS) is 13.5. The van der Waals surface area contributed by atoms with Gasteiger partial charge in [-0.15, -0.1) is 0 Å². The second-order valence-corrected chi connectivity index (χ2v) is 16.2. The van der Waals surface area contributed by atoms with E-state index in [1.54, 1.807) is 0 Å². The van der Waals surface area contributed by atoms with E-state index in [1.807, 2.05) is 0 Å². The Balaban J connectivity index is 0.970. The standard InChI is InChI=1S/C58H45N/c1-58(2)56-38-45(24-30-46-17-11-19-52-51-18-10-9-16-47(51)39-55(46)52)29-36-53(56)54-37-35-50(40-57(54)58)59(48-31-25-43(26-32-48)22-20-41-12-5-3-6-13-41)49-33-27-44(28-34-49)23-21-42-14-7-4-8-15-42/h3-38,40H,39H2,1-2H3. The molecule has 0 heterocycles. The highest BCUT2D eigenvalue weighted by Crippen LogP contribution is 2.51. The highest BCUT2D eigenvalue weighted by atomic mass is 15.1.